The number of aliphatic carboxylic acids is 2. The quantitative estimate of drug-likeness (QED) is 0.486. The van der Waals surface area contributed by atoms with Crippen LogP contribution in [0.5, 0.6) is 0 Å². The number of carbonyl (C=O) groups is 2. The Hall–Kier alpha value is 0.432. The first kappa shape index (κ1) is 30.1. The molecule has 5 nitrogen and oxygen atoms in total. The van der Waals surface area contributed by atoms with Crippen molar-refractivity contribution in [3.05, 3.63) is 0 Å². The predicted octanol–water partition coefficient (Wildman–Crippen LogP) is -0.699. The van der Waals surface area contributed by atoms with E-state index in [-0.39, 0.29) is 51.6 Å². The molecule has 0 aliphatic rings. The molecule has 0 saturated carbocycles. The van der Waals surface area contributed by atoms with Gasteiger partial charge in [-0.05, 0) is 0 Å². The van der Waals surface area contributed by atoms with E-state index >= 15 is 0 Å². The molecule has 0 rings (SSSR count). The van der Waals surface area contributed by atoms with Gasteiger partial charge in [0.25, 0.3) is 11.9 Å². The molecule has 0 atom stereocenters. The van der Waals surface area contributed by atoms with Crippen LogP contribution >= 0.6 is 0 Å². The first-order valence-corrected chi connectivity index (χ1v) is 1.86. The fraction of sp³-hybridized carbons (Fsp3) is 0.500. The Morgan fingerprint density at radius 1 is 0.909 bits per heavy atom. The molecule has 0 aromatic rings. The molecule has 0 bridgehead atoms. The van der Waals surface area contributed by atoms with Crippen molar-refractivity contribution in [3.8, 4) is 0 Å². The second kappa shape index (κ2) is 22.4. The third-order valence-electron chi connectivity index (χ3n) is 0. The minimum Gasteiger partial charge on any atom is -2.00 e. The molecule has 0 aliphatic carbocycles. The van der Waals surface area contributed by atoms with E-state index in [4.69, 9.17) is 19.8 Å². The normalized spacial score (nSPS) is 4.55. The Morgan fingerprint density at radius 3 is 0.909 bits per heavy atom. The summed E-state index contributed by atoms with van der Waals surface area (Å²) in [5, 5.41) is 14.8. The van der Waals surface area contributed by atoms with E-state index in [9.17, 15) is 0 Å². The van der Waals surface area contributed by atoms with Crippen molar-refractivity contribution in [2.24, 2.45) is 0 Å². The minimum atomic E-state index is -0.833. The average Bonchev–Trinajstić information content (AvgIpc) is 1.25. The monoisotopic (exact) mass is 184 g/mol. The molecule has 0 fully saturated rings. The standard InChI is InChI=1S/2C2H4O2.2Mg.O/c2*1-2(3)4;;;/h2*1H3,(H,3,4);;;/q;;2*+2;-2. The van der Waals surface area contributed by atoms with Crippen LogP contribution in [-0.4, -0.2) is 68.3 Å². The zero-order valence-electron chi connectivity index (χ0n) is 6.53. The van der Waals surface area contributed by atoms with Crippen LogP contribution in [0.2, 0.25) is 0 Å². The number of rotatable bonds is 0. The van der Waals surface area contributed by atoms with Crippen LogP contribution in [-0.2, 0) is 15.1 Å². The first-order valence-electron chi connectivity index (χ1n) is 1.86. The van der Waals surface area contributed by atoms with Crippen LogP contribution in [0.25, 0.3) is 0 Å². The van der Waals surface area contributed by atoms with E-state index in [1.807, 2.05) is 0 Å². The van der Waals surface area contributed by atoms with Crippen molar-refractivity contribution in [1.82, 2.24) is 0 Å². The van der Waals surface area contributed by atoms with Crippen molar-refractivity contribution in [2.75, 3.05) is 0 Å². The molecule has 0 radical (unpaired) electrons. The molecule has 56 valence electrons. The van der Waals surface area contributed by atoms with Crippen LogP contribution in [0.15, 0.2) is 0 Å². The Morgan fingerprint density at radius 2 is 0.909 bits per heavy atom. The van der Waals surface area contributed by atoms with Crippen LogP contribution < -0.4 is 0 Å². The predicted molar refractivity (Wildman–Crippen MR) is 38.8 cm³/mol. The van der Waals surface area contributed by atoms with Gasteiger partial charge >= 0.3 is 46.1 Å². The summed E-state index contributed by atoms with van der Waals surface area (Å²) in [4.78, 5) is 18.0. The van der Waals surface area contributed by atoms with Gasteiger partial charge < -0.3 is 15.7 Å². The second-order valence-electron chi connectivity index (χ2n) is 1.04. The Labute approximate surface area is 96.8 Å². The fourth-order valence-corrected chi connectivity index (χ4v) is 0. The summed E-state index contributed by atoms with van der Waals surface area (Å²) in [6.45, 7) is 2.17. The summed E-state index contributed by atoms with van der Waals surface area (Å²) < 4.78 is 0. The minimum absolute atomic E-state index is 0. The van der Waals surface area contributed by atoms with Gasteiger partial charge in [0, 0.05) is 13.8 Å². The van der Waals surface area contributed by atoms with E-state index in [2.05, 4.69) is 0 Å². The van der Waals surface area contributed by atoms with Crippen molar-refractivity contribution < 1.29 is 25.3 Å². The van der Waals surface area contributed by atoms with E-state index in [1.165, 1.54) is 0 Å². The maximum Gasteiger partial charge on any atom is 2.00 e. The van der Waals surface area contributed by atoms with Gasteiger partial charge in [0.15, 0.2) is 0 Å². The topological polar surface area (TPSA) is 103 Å². The smallest absolute Gasteiger partial charge is 2.00 e. The van der Waals surface area contributed by atoms with Crippen LogP contribution in [0.4, 0.5) is 0 Å². The SMILES string of the molecule is CC(=O)O.CC(=O)O.[Mg+2].[Mg+2].[O-2]. The number of carboxylic acids is 2. The van der Waals surface area contributed by atoms with Crippen molar-refractivity contribution >= 4 is 58.0 Å². The Balaban J connectivity index is -0.0000000171. The van der Waals surface area contributed by atoms with Gasteiger partial charge in [0.1, 0.15) is 0 Å². The van der Waals surface area contributed by atoms with Crippen LogP contribution in [0.1, 0.15) is 13.8 Å². The number of carboxylic acid groups (broad SMARTS) is 2. The van der Waals surface area contributed by atoms with Crippen molar-refractivity contribution in [3.63, 3.8) is 0 Å². The molecule has 11 heavy (non-hydrogen) atoms. The Bertz CT molecular complexity index is 74.5. The van der Waals surface area contributed by atoms with Gasteiger partial charge in [-0.3, -0.25) is 9.59 Å². The first-order chi connectivity index (χ1) is 3.46. The third-order valence-corrected chi connectivity index (χ3v) is 0. The van der Waals surface area contributed by atoms with E-state index < -0.39 is 11.9 Å². The van der Waals surface area contributed by atoms with Gasteiger partial charge in [-0.1, -0.05) is 0 Å². The summed E-state index contributed by atoms with van der Waals surface area (Å²) in [5.74, 6) is -1.67. The molecular formula is C4H8Mg2O5+2. The van der Waals surface area contributed by atoms with Gasteiger partial charge in [-0.25, -0.2) is 0 Å². The summed E-state index contributed by atoms with van der Waals surface area (Å²) in [5.41, 5.74) is 0. The molecule has 0 spiro atoms. The molecule has 0 aliphatic heterocycles. The largest absolute Gasteiger partial charge is 2.00 e. The van der Waals surface area contributed by atoms with Crippen LogP contribution in [0.3, 0.4) is 0 Å². The summed E-state index contributed by atoms with van der Waals surface area (Å²) in [7, 11) is 0. The molecule has 0 aromatic heterocycles. The fourth-order valence-electron chi connectivity index (χ4n) is 0. The maximum atomic E-state index is 9.00. The molecule has 0 unspecified atom stereocenters. The zero-order valence-corrected chi connectivity index (χ0v) is 9.36. The Kier molecular flexibility index (Phi) is 61.3. The van der Waals surface area contributed by atoms with E-state index in [0.717, 1.165) is 13.8 Å². The molecule has 7 heteroatoms. The molecule has 0 aromatic carbocycles. The molecule has 0 saturated heterocycles. The van der Waals surface area contributed by atoms with Crippen molar-refractivity contribution in [2.45, 2.75) is 13.8 Å². The van der Waals surface area contributed by atoms with Gasteiger partial charge in [0.05, 0.1) is 0 Å². The van der Waals surface area contributed by atoms with E-state index in [0.29, 0.717) is 0 Å². The molecule has 2 N–H and O–H groups in total. The number of hydrogen-bond donors (Lipinski definition) is 2. The van der Waals surface area contributed by atoms with Crippen molar-refractivity contribution in [1.29, 1.82) is 0 Å². The van der Waals surface area contributed by atoms with Gasteiger partial charge in [0.2, 0.25) is 0 Å². The van der Waals surface area contributed by atoms with Gasteiger partial charge in [-0.2, -0.15) is 0 Å². The van der Waals surface area contributed by atoms with Crippen LogP contribution in [0, 0.1) is 0 Å². The zero-order chi connectivity index (χ0) is 7.15. The number of hydrogen-bond acceptors (Lipinski definition) is 2. The summed E-state index contributed by atoms with van der Waals surface area (Å²) >= 11 is 0. The molecular weight excluding hydrogens is 177 g/mol. The summed E-state index contributed by atoms with van der Waals surface area (Å²) in [6, 6.07) is 0. The second-order valence-corrected chi connectivity index (χ2v) is 1.04. The molecule has 0 amide bonds. The van der Waals surface area contributed by atoms with E-state index in [1.54, 1.807) is 0 Å². The van der Waals surface area contributed by atoms with Gasteiger partial charge in [-0.15, -0.1) is 0 Å². The average molecular weight is 185 g/mol. The summed E-state index contributed by atoms with van der Waals surface area (Å²) in [6.07, 6.45) is 0. The molecule has 0 heterocycles. The third kappa shape index (κ3) is 3970. The maximum absolute atomic E-state index is 9.00.